The summed E-state index contributed by atoms with van der Waals surface area (Å²) in [4.78, 5) is 26.2. The van der Waals surface area contributed by atoms with Gasteiger partial charge in [0.2, 0.25) is 0 Å². The van der Waals surface area contributed by atoms with Gasteiger partial charge in [-0.2, -0.15) is 0 Å². The first-order chi connectivity index (χ1) is 14.0. The van der Waals surface area contributed by atoms with Crippen molar-refractivity contribution >= 4 is 33.3 Å². The molecule has 0 radical (unpaired) electrons. The van der Waals surface area contributed by atoms with Gasteiger partial charge in [-0.3, -0.25) is 14.9 Å². The number of aromatic nitrogens is 1. The molecule has 1 unspecified atom stereocenters. The molecule has 0 spiro atoms. The number of amides is 1. The molecule has 0 saturated heterocycles. The van der Waals surface area contributed by atoms with Gasteiger partial charge in [-0.1, -0.05) is 42.5 Å². The minimum absolute atomic E-state index is 0.00214. The van der Waals surface area contributed by atoms with Crippen LogP contribution in [0.1, 0.15) is 27.7 Å². The number of aliphatic hydroxyl groups excluding tert-OH is 1. The van der Waals surface area contributed by atoms with Gasteiger partial charge >= 0.3 is 0 Å². The van der Waals surface area contributed by atoms with Gasteiger partial charge in [-0.25, -0.2) is 0 Å². The van der Waals surface area contributed by atoms with Gasteiger partial charge in [0.1, 0.15) is 5.69 Å². The number of aryl methyl sites for hydroxylation is 1. The van der Waals surface area contributed by atoms with Crippen LogP contribution in [0.5, 0.6) is 0 Å². The van der Waals surface area contributed by atoms with Gasteiger partial charge in [-0.05, 0) is 35.4 Å². The standard InChI is InChI=1S/C22H19N3O4/c1-13-19(25(28)29)10-9-15-11-18(24-21(13)15)22(27)23-12-20(26)17-8-4-6-14-5-2-3-7-16(14)17/h2-11,20,24,26H,12H2,1H3,(H,23,27). The molecule has 7 heteroatoms. The van der Waals surface area contributed by atoms with Crippen molar-refractivity contribution in [2.75, 3.05) is 6.54 Å². The Morgan fingerprint density at radius 3 is 2.69 bits per heavy atom. The lowest BCUT2D eigenvalue weighted by Crippen LogP contribution is -2.28. The highest BCUT2D eigenvalue weighted by atomic mass is 16.6. The highest BCUT2D eigenvalue weighted by Gasteiger charge is 2.18. The number of aromatic amines is 1. The van der Waals surface area contributed by atoms with E-state index >= 15 is 0 Å². The molecule has 1 aromatic heterocycles. The van der Waals surface area contributed by atoms with Gasteiger partial charge < -0.3 is 15.4 Å². The second-order valence-electron chi connectivity index (χ2n) is 6.91. The number of H-pyrrole nitrogens is 1. The third-order valence-corrected chi connectivity index (χ3v) is 5.11. The van der Waals surface area contributed by atoms with Crippen LogP contribution in [0, 0.1) is 17.0 Å². The molecule has 146 valence electrons. The lowest BCUT2D eigenvalue weighted by atomic mass is 10.0. The van der Waals surface area contributed by atoms with E-state index in [0.29, 0.717) is 16.5 Å². The van der Waals surface area contributed by atoms with Gasteiger partial charge in [0.05, 0.1) is 22.1 Å². The van der Waals surface area contributed by atoms with Crippen LogP contribution < -0.4 is 5.32 Å². The molecule has 0 bridgehead atoms. The number of nitrogens with one attached hydrogen (secondary N) is 2. The number of carbonyl (C=O) groups excluding carboxylic acids is 1. The first kappa shape index (κ1) is 18.6. The van der Waals surface area contributed by atoms with Crippen LogP contribution in [0.15, 0.2) is 60.7 Å². The third-order valence-electron chi connectivity index (χ3n) is 5.11. The molecule has 0 saturated carbocycles. The Hall–Kier alpha value is -3.71. The lowest BCUT2D eigenvalue weighted by Gasteiger charge is -2.14. The molecule has 0 aliphatic rings. The number of nitrogens with zero attached hydrogens (tertiary/aromatic N) is 1. The first-order valence-corrected chi connectivity index (χ1v) is 9.16. The predicted molar refractivity (Wildman–Crippen MR) is 111 cm³/mol. The molecule has 4 rings (SSSR count). The number of carbonyl (C=O) groups is 1. The van der Waals surface area contributed by atoms with Crippen molar-refractivity contribution in [1.29, 1.82) is 0 Å². The summed E-state index contributed by atoms with van der Waals surface area (Å²) in [5.74, 6) is -0.387. The van der Waals surface area contributed by atoms with Crippen LogP contribution in [-0.4, -0.2) is 27.5 Å². The van der Waals surface area contributed by atoms with Gasteiger partial charge in [0.15, 0.2) is 0 Å². The summed E-state index contributed by atoms with van der Waals surface area (Å²) in [6.45, 7) is 1.68. The number of hydrogen-bond acceptors (Lipinski definition) is 4. The summed E-state index contributed by atoms with van der Waals surface area (Å²) < 4.78 is 0. The fourth-order valence-corrected chi connectivity index (χ4v) is 3.59. The van der Waals surface area contributed by atoms with Gasteiger partial charge in [-0.15, -0.1) is 0 Å². The first-order valence-electron chi connectivity index (χ1n) is 9.16. The number of hydrogen-bond donors (Lipinski definition) is 3. The molecular formula is C22H19N3O4. The topological polar surface area (TPSA) is 108 Å². The van der Waals surface area contributed by atoms with Crippen molar-refractivity contribution < 1.29 is 14.8 Å². The summed E-state index contributed by atoms with van der Waals surface area (Å²) in [7, 11) is 0. The smallest absolute Gasteiger partial charge is 0.274 e. The Kier molecular flexibility index (Phi) is 4.74. The molecule has 7 nitrogen and oxygen atoms in total. The van der Waals surface area contributed by atoms with E-state index < -0.39 is 11.0 Å². The van der Waals surface area contributed by atoms with E-state index in [-0.39, 0.29) is 23.8 Å². The van der Waals surface area contributed by atoms with Gasteiger partial charge in [0, 0.05) is 18.0 Å². The average molecular weight is 389 g/mol. The fourth-order valence-electron chi connectivity index (χ4n) is 3.59. The molecule has 1 amide bonds. The van der Waals surface area contributed by atoms with Crippen LogP contribution in [-0.2, 0) is 0 Å². The number of benzene rings is 3. The van der Waals surface area contributed by atoms with Crippen molar-refractivity contribution in [2.24, 2.45) is 0 Å². The molecule has 0 aliphatic carbocycles. The third kappa shape index (κ3) is 3.43. The Labute approximate surface area is 166 Å². The zero-order chi connectivity index (χ0) is 20.5. The fraction of sp³-hybridized carbons (Fsp3) is 0.136. The maximum Gasteiger partial charge on any atom is 0.274 e. The summed E-state index contributed by atoms with van der Waals surface area (Å²) in [6, 6.07) is 18.1. The number of fused-ring (bicyclic) bond motifs is 2. The Bertz CT molecular complexity index is 1240. The predicted octanol–water partition coefficient (Wildman–Crippen LogP) is 4.00. The van der Waals surface area contributed by atoms with Crippen molar-refractivity contribution in [2.45, 2.75) is 13.0 Å². The summed E-state index contributed by atoms with van der Waals surface area (Å²) in [5.41, 5.74) is 2.05. The highest BCUT2D eigenvalue weighted by molar-refractivity contribution is 5.99. The van der Waals surface area contributed by atoms with E-state index in [0.717, 1.165) is 16.3 Å². The van der Waals surface area contributed by atoms with Crippen LogP contribution in [0.4, 0.5) is 5.69 Å². The largest absolute Gasteiger partial charge is 0.387 e. The van der Waals surface area contributed by atoms with Crippen molar-refractivity contribution in [1.82, 2.24) is 10.3 Å². The summed E-state index contributed by atoms with van der Waals surface area (Å²) >= 11 is 0. The molecule has 1 atom stereocenters. The summed E-state index contributed by atoms with van der Waals surface area (Å²) in [5, 5.41) is 27.1. The zero-order valence-corrected chi connectivity index (χ0v) is 15.7. The molecule has 4 aromatic rings. The van der Waals surface area contributed by atoms with Gasteiger partial charge in [0.25, 0.3) is 11.6 Å². The van der Waals surface area contributed by atoms with Crippen molar-refractivity contribution in [3.63, 3.8) is 0 Å². The van der Waals surface area contributed by atoms with Crippen LogP contribution in [0.25, 0.3) is 21.7 Å². The van der Waals surface area contributed by atoms with Crippen LogP contribution in [0.3, 0.4) is 0 Å². The number of aliphatic hydroxyl groups is 1. The molecule has 0 aliphatic heterocycles. The summed E-state index contributed by atoms with van der Waals surface area (Å²) in [6.07, 6.45) is -0.864. The Morgan fingerprint density at radius 2 is 1.90 bits per heavy atom. The monoisotopic (exact) mass is 389 g/mol. The molecule has 29 heavy (non-hydrogen) atoms. The second kappa shape index (κ2) is 7.37. The highest BCUT2D eigenvalue weighted by Crippen LogP contribution is 2.27. The quantitative estimate of drug-likeness (QED) is 0.354. The van der Waals surface area contributed by atoms with E-state index in [4.69, 9.17) is 0 Å². The van der Waals surface area contributed by atoms with E-state index in [1.165, 1.54) is 6.07 Å². The van der Waals surface area contributed by atoms with Crippen molar-refractivity contribution in [3.05, 3.63) is 87.6 Å². The number of rotatable bonds is 5. The normalized spacial score (nSPS) is 12.2. The molecule has 3 N–H and O–H groups in total. The number of nitro groups is 1. The SMILES string of the molecule is Cc1c([N+](=O)[O-])ccc2cc(C(=O)NCC(O)c3cccc4ccccc34)[nH]c12. The molecule has 0 fully saturated rings. The minimum Gasteiger partial charge on any atom is -0.387 e. The van der Waals surface area contributed by atoms with E-state index in [1.807, 2.05) is 42.5 Å². The van der Waals surface area contributed by atoms with Crippen LogP contribution >= 0.6 is 0 Å². The van der Waals surface area contributed by atoms with Crippen LogP contribution in [0.2, 0.25) is 0 Å². The zero-order valence-electron chi connectivity index (χ0n) is 15.7. The van der Waals surface area contributed by atoms with E-state index in [2.05, 4.69) is 10.3 Å². The maximum absolute atomic E-state index is 12.6. The van der Waals surface area contributed by atoms with E-state index in [1.54, 1.807) is 19.1 Å². The Balaban J connectivity index is 1.53. The van der Waals surface area contributed by atoms with E-state index in [9.17, 15) is 20.0 Å². The molecule has 1 heterocycles. The van der Waals surface area contributed by atoms with Crippen molar-refractivity contribution in [3.8, 4) is 0 Å². The number of nitro benzene ring substituents is 1. The lowest BCUT2D eigenvalue weighted by molar-refractivity contribution is -0.385. The maximum atomic E-state index is 12.6. The molecule has 3 aromatic carbocycles. The average Bonchev–Trinajstić information content (AvgIpc) is 3.17. The minimum atomic E-state index is -0.864. The second-order valence-corrected chi connectivity index (χ2v) is 6.91. The molecular weight excluding hydrogens is 370 g/mol. The Morgan fingerprint density at radius 1 is 1.14 bits per heavy atom.